The summed E-state index contributed by atoms with van der Waals surface area (Å²) in [6.07, 6.45) is 1.33. The van der Waals surface area contributed by atoms with Gasteiger partial charge in [-0.15, -0.1) is 0 Å². The minimum Gasteiger partial charge on any atom is -0.506 e. The molecule has 0 fully saturated rings. The number of carbonyl (C=O) groups is 2. The van der Waals surface area contributed by atoms with Crippen LogP contribution in [0.5, 0.6) is 5.75 Å². The lowest BCUT2D eigenvalue weighted by atomic mass is 10.1. The predicted octanol–water partition coefficient (Wildman–Crippen LogP) is 1.79. The average molecular weight is 233 g/mol. The third-order valence-corrected chi connectivity index (χ3v) is 2.54. The second-order valence-corrected chi connectivity index (χ2v) is 3.63. The Morgan fingerprint density at radius 3 is 2.65 bits per heavy atom. The van der Waals surface area contributed by atoms with Gasteiger partial charge in [0.1, 0.15) is 5.75 Å². The van der Waals surface area contributed by atoms with Crippen molar-refractivity contribution >= 4 is 22.8 Å². The van der Waals surface area contributed by atoms with Crippen molar-refractivity contribution in [2.75, 3.05) is 7.11 Å². The van der Waals surface area contributed by atoms with Crippen molar-refractivity contribution in [1.82, 2.24) is 4.57 Å². The van der Waals surface area contributed by atoms with Crippen molar-refractivity contribution in [3.05, 3.63) is 30.0 Å². The molecule has 0 unspecified atom stereocenters. The van der Waals surface area contributed by atoms with Crippen LogP contribution in [0.1, 0.15) is 22.1 Å². The molecule has 0 radical (unpaired) electrons. The summed E-state index contributed by atoms with van der Waals surface area (Å²) in [7, 11) is 1.28. The van der Waals surface area contributed by atoms with Crippen LogP contribution in [-0.2, 0) is 4.74 Å². The summed E-state index contributed by atoms with van der Waals surface area (Å²) in [5, 5.41) is 10.1. The summed E-state index contributed by atoms with van der Waals surface area (Å²) >= 11 is 0. The Bertz CT molecular complexity index is 612. The molecule has 0 amide bonds. The Morgan fingerprint density at radius 1 is 1.35 bits per heavy atom. The van der Waals surface area contributed by atoms with Gasteiger partial charge >= 0.3 is 5.97 Å². The topological polar surface area (TPSA) is 68.5 Å². The lowest BCUT2D eigenvalue weighted by Gasteiger charge is -2.01. The fraction of sp³-hybridized carbons (Fsp3) is 0.167. The van der Waals surface area contributed by atoms with Crippen LogP contribution in [0, 0.1) is 0 Å². The molecule has 17 heavy (non-hydrogen) atoms. The van der Waals surface area contributed by atoms with Crippen molar-refractivity contribution in [1.29, 1.82) is 0 Å². The number of fused-ring (bicyclic) bond motifs is 1. The molecule has 1 heterocycles. The van der Waals surface area contributed by atoms with Crippen LogP contribution >= 0.6 is 0 Å². The van der Waals surface area contributed by atoms with Gasteiger partial charge in [-0.1, -0.05) is 0 Å². The molecule has 0 aliphatic heterocycles. The molecule has 1 N–H and O–H groups in total. The fourth-order valence-corrected chi connectivity index (χ4v) is 1.72. The second-order valence-electron chi connectivity index (χ2n) is 3.63. The second kappa shape index (κ2) is 3.93. The Hall–Kier alpha value is -2.30. The number of esters is 1. The molecular formula is C12H11NO4. The lowest BCUT2D eigenvalue weighted by molar-refractivity contribution is 0.0601. The summed E-state index contributed by atoms with van der Waals surface area (Å²) in [5.41, 5.74) is 0.888. The summed E-state index contributed by atoms with van der Waals surface area (Å²) in [5.74, 6) is -0.732. The number of aromatic nitrogens is 1. The van der Waals surface area contributed by atoms with E-state index < -0.39 is 5.97 Å². The Balaban J connectivity index is 2.67. The smallest absolute Gasteiger partial charge is 0.337 e. The van der Waals surface area contributed by atoms with Crippen LogP contribution in [0.25, 0.3) is 10.9 Å². The SMILES string of the molecule is COC(=O)c1ccc2c(c1)c(O)cn2C(C)=O. The van der Waals surface area contributed by atoms with Gasteiger partial charge in [-0.25, -0.2) is 4.79 Å². The van der Waals surface area contributed by atoms with Crippen LogP contribution in [0.2, 0.25) is 0 Å². The van der Waals surface area contributed by atoms with Crippen LogP contribution < -0.4 is 0 Å². The zero-order chi connectivity index (χ0) is 12.6. The van der Waals surface area contributed by atoms with Gasteiger partial charge in [0.05, 0.1) is 24.4 Å². The lowest BCUT2D eigenvalue weighted by Crippen LogP contribution is -2.04. The molecule has 0 saturated heterocycles. The van der Waals surface area contributed by atoms with Crippen molar-refractivity contribution in [3.63, 3.8) is 0 Å². The number of rotatable bonds is 1. The van der Waals surface area contributed by atoms with Gasteiger partial charge in [-0.3, -0.25) is 9.36 Å². The van der Waals surface area contributed by atoms with Crippen molar-refractivity contribution in [2.45, 2.75) is 6.92 Å². The summed E-state index contributed by atoms with van der Waals surface area (Å²) in [4.78, 5) is 22.6. The highest BCUT2D eigenvalue weighted by atomic mass is 16.5. The molecule has 0 saturated carbocycles. The van der Waals surface area contributed by atoms with Gasteiger partial charge in [0.15, 0.2) is 0 Å². The van der Waals surface area contributed by atoms with Gasteiger partial charge in [0, 0.05) is 12.3 Å². The van der Waals surface area contributed by atoms with Crippen LogP contribution in [-0.4, -0.2) is 28.7 Å². The molecule has 5 heteroatoms. The Kier molecular flexibility index (Phi) is 2.59. The van der Waals surface area contributed by atoms with E-state index in [0.29, 0.717) is 16.5 Å². The van der Waals surface area contributed by atoms with E-state index in [9.17, 15) is 14.7 Å². The molecule has 1 aromatic carbocycles. The highest BCUT2D eigenvalue weighted by Gasteiger charge is 2.13. The largest absolute Gasteiger partial charge is 0.506 e. The van der Waals surface area contributed by atoms with E-state index in [0.717, 1.165) is 0 Å². The van der Waals surface area contributed by atoms with Gasteiger partial charge in [0.2, 0.25) is 5.91 Å². The molecular weight excluding hydrogens is 222 g/mol. The number of aromatic hydroxyl groups is 1. The van der Waals surface area contributed by atoms with E-state index >= 15 is 0 Å². The maximum absolute atomic E-state index is 11.3. The van der Waals surface area contributed by atoms with E-state index in [2.05, 4.69) is 4.74 Å². The monoisotopic (exact) mass is 233 g/mol. The Labute approximate surface area is 97.2 Å². The molecule has 0 atom stereocenters. The number of hydrogen-bond acceptors (Lipinski definition) is 4. The maximum atomic E-state index is 11.3. The third kappa shape index (κ3) is 1.75. The van der Waals surface area contributed by atoms with Gasteiger partial charge in [-0.2, -0.15) is 0 Å². The minimum atomic E-state index is -0.484. The predicted molar refractivity (Wildman–Crippen MR) is 61.2 cm³/mol. The third-order valence-electron chi connectivity index (χ3n) is 2.54. The molecule has 0 bridgehead atoms. The summed E-state index contributed by atoms with van der Waals surface area (Å²) in [6, 6.07) is 4.64. The number of nitrogens with zero attached hydrogens (tertiary/aromatic N) is 1. The fourth-order valence-electron chi connectivity index (χ4n) is 1.72. The molecule has 2 rings (SSSR count). The molecule has 2 aromatic rings. The highest BCUT2D eigenvalue weighted by Crippen LogP contribution is 2.28. The van der Waals surface area contributed by atoms with Crippen molar-refractivity contribution in [3.8, 4) is 5.75 Å². The molecule has 88 valence electrons. The number of benzene rings is 1. The first-order valence-electron chi connectivity index (χ1n) is 4.98. The van der Waals surface area contributed by atoms with Crippen molar-refractivity contribution < 1.29 is 19.4 Å². The van der Waals surface area contributed by atoms with E-state index in [1.807, 2.05) is 0 Å². The highest BCUT2D eigenvalue weighted by molar-refractivity contribution is 6.00. The Morgan fingerprint density at radius 2 is 2.06 bits per heavy atom. The zero-order valence-corrected chi connectivity index (χ0v) is 9.43. The first-order chi connectivity index (χ1) is 8.04. The quantitative estimate of drug-likeness (QED) is 0.762. The molecule has 0 aliphatic rings. The van der Waals surface area contributed by atoms with Gasteiger partial charge in [0.25, 0.3) is 0 Å². The average Bonchev–Trinajstić information content (AvgIpc) is 2.65. The maximum Gasteiger partial charge on any atom is 0.337 e. The number of carbonyl (C=O) groups excluding carboxylic acids is 2. The standard InChI is InChI=1S/C12H11NO4/c1-7(14)13-6-11(15)9-5-8(12(16)17-2)3-4-10(9)13/h3-6,15H,1-2H3. The molecule has 0 aliphatic carbocycles. The van der Waals surface area contributed by atoms with Gasteiger partial charge in [-0.05, 0) is 18.2 Å². The van der Waals surface area contributed by atoms with E-state index in [-0.39, 0.29) is 11.7 Å². The molecule has 5 nitrogen and oxygen atoms in total. The number of hydrogen-bond donors (Lipinski definition) is 1. The van der Waals surface area contributed by atoms with E-state index in [1.54, 1.807) is 12.1 Å². The molecule has 1 aromatic heterocycles. The minimum absolute atomic E-state index is 0.0408. The van der Waals surface area contributed by atoms with Crippen molar-refractivity contribution in [2.24, 2.45) is 0 Å². The summed E-state index contributed by atoms with van der Waals surface area (Å²) < 4.78 is 5.91. The van der Waals surface area contributed by atoms with Crippen LogP contribution in [0.4, 0.5) is 0 Å². The van der Waals surface area contributed by atoms with E-state index in [1.165, 1.54) is 30.9 Å². The molecule has 0 spiro atoms. The van der Waals surface area contributed by atoms with Crippen LogP contribution in [0.3, 0.4) is 0 Å². The summed E-state index contributed by atoms with van der Waals surface area (Å²) in [6.45, 7) is 1.40. The zero-order valence-electron chi connectivity index (χ0n) is 9.43. The first kappa shape index (κ1) is 11.2. The normalized spacial score (nSPS) is 10.5. The first-order valence-corrected chi connectivity index (χ1v) is 4.98. The van der Waals surface area contributed by atoms with E-state index in [4.69, 9.17) is 0 Å². The number of ether oxygens (including phenoxy) is 1. The van der Waals surface area contributed by atoms with Gasteiger partial charge < -0.3 is 9.84 Å². The van der Waals surface area contributed by atoms with Crippen LogP contribution in [0.15, 0.2) is 24.4 Å². The number of methoxy groups -OCH3 is 1.